The number of oxime groups is 1. The van der Waals surface area contributed by atoms with Crippen LogP contribution in [0.2, 0.25) is 5.02 Å². The van der Waals surface area contributed by atoms with Crippen molar-refractivity contribution in [3.63, 3.8) is 0 Å². The van der Waals surface area contributed by atoms with E-state index in [-0.39, 0.29) is 5.75 Å². The average molecular weight is 276 g/mol. The van der Waals surface area contributed by atoms with Crippen LogP contribution in [0, 0.1) is 0 Å². The fourth-order valence-corrected chi connectivity index (χ4v) is 2.06. The van der Waals surface area contributed by atoms with Gasteiger partial charge in [0.15, 0.2) is 0 Å². The molecule has 0 bridgehead atoms. The van der Waals surface area contributed by atoms with Crippen molar-refractivity contribution in [2.45, 2.75) is 12.8 Å². The largest absolute Gasteiger partial charge is 0.507 e. The summed E-state index contributed by atoms with van der Waals surface area (Å²) in [7, 11) is 0. The molecule has 3 nitrogen and oxygen atoms in total. The van der Waals surface area contributed by atoms with Crippen LogP contribution in [-0.4, -0.2) is 16.0 Å². The van der Waals surface area contributed by atoms with Crippen LogP contribution in [0.1, 0.15) is 17.5 Å². The lowest BCUT2D eigenvalue weighted by Gasteiger charge is -2.07. The Bertz CT molecular complexity index is 582. The van der Waals surface area contributed by atoms with E-state index >= 15 is 0 Å². The van der Waals surface area contributed by atoms with Gasteiger partial charge in [-0.05, 0) is 36.6 Å². The van der Waals surface area contributed by atoms with Gasteiger partial charge in [0.05, 0.1) is 5.71 Å². The molecule has 4 heteroatoms. The minimum Gasteiger partial charge on any atom is -0.507 e. The summed E-state index contributed by atoms with van der Waals surface area (Å²) in [5.74, 6) is 0.0604. The molecule has 0 saturated heterocycles. The van der Waals surface area contributed by atoms with Gasteiger partial charge in [-0.25, -0.2) is 0 Å². The van der Waals surface area contributed by atoms with Crippen molar-refractivity contribution in [2.24, 2.45) is 5.16 Å². The van der Waals surface area contributed by atoms with Crippen molar-refractivity contribution >= 4 is 17.3 Å². The first-order valence-corrected chi connectivity index (χ1v) is 6.32. The van der Waals surface area contributed by atoms with Crippen LogP contribution in [0.4, 0.5) is 0 Å². The maximum absolute atomic E-state index is 9.78. The summed E-state index contributed by atoms with van der Waals surface area (Å²) in [6.07, 6.45) is 1.25. The maximum Gasteiger partial charge on any atom is 0.124 e. The number of benzene rings is 2. The Kier molecular flexibility index (Phi) is 4.42. The maximum atomic E-state index is 9.78. The van der Waals surface area contributed by atoms with Crippen LogP contribution >= 0.6 is 11.6 Å². The van der Waals surface area contributed by atoms with Gasteiger partial charge in [0.25, 0.3) is 0 Å². The molecule has 0 unspecified atom stereocenters. The first-order valence-electron chi connectivity index (χ1n) is 5.94. The van der Waals surface area contributed by atoms with Crippen LogP contribution in [-0.2, 0) is 6.42 Å². The van der Waals surface area contributed by atoms with Crippen molar-refractivity contribution in [3.8, 4) is 5.75 Å². The van der Waals surface area contributed by atoms with Crippen molar-refractivity contribution in [1.82, 2.24) is 0 Å². The van der Waals surface area contributed by atoms with E-state index in [1.807, 2.05) is 30.3 Å². The van der Waals surface area contributed by atoms with Gasteiger partial charge in [0.1, 0.15) is 5.75 Å². The highest BCUT2D eigenvalue weighted by Crippen LogP contribution is 2.23. The quantitative estimate of drug-likeness (QED) is 0.506. The summed E-state index contributed by atoms with van der Waals surface area (Å²) in [6, 6.07) is 14.6. The molecule has 0 radical (unpaired) electrons. The lowest BCUT2D eigenvalue weighted by atomic mass is 10.0. The second kappa shape index (κ2) is 6.25. The summed E-state index contributed by atoms with van der Waals surface area (Å²) >= 11 is 5.89. The Morgan fingerprint density at radius 3 is 2.53 bits per heavy atom. The van der Waals surface area contributed by atoms with Gasteiger partial charge in [0.2, 0.25) is 0 Å². The molecule has 0 aliphatic heterocycles. The van der Waals surface area contributed by atoms with Gasteiger partial charge in [0, 0.05) is 10.6 Å². The Hall–Kier alpha value is -2.00. The number of phenolic OH excluding ortho intramolecular Hbond substituents is 1. The molecule has 2 rings (SSSR count). The molecule has 0 aromatic heterocycles. The normalized spacial score (nSPS) is 11.5. The van der Waals surface area contributed by atoms with Crippen LogP contribution in [0.3, 0.4) is 0 Å². The summed E-state index contributed by atoms with van der Waals surface area (Å²) in [4.78, 5) is 0. The lowest BCUT2D eigenvalue weighted by molar-refractivity contribution is 0.317. The zero-order chi connectivity index (χ0) is 13.7. The van der Waals surface area contributed by atoms with Crippen molar-refractivity contribution < 1.29 is 10.3 Å². The average Bonchev–Trinajstić information content (AvgIpc) is 2.44. The molecule has 0 heterocycles. The predicted octanol–water partition coefficient (Wildman–Crippen LogP) is 3.86. The van der Waals surface area contributed by atoms with E-state index in [0.29, 0.717) is 22.7 Å². The Morgan fingerprint density at radius 1 is 1.11 bits per heavy atom. The molecule has 0 atom stereocenters. The number of halogens is 1. The molecule has 98 valence electrons. The number of hydrogen-bond acceptors (Lipinski definition) is 3. The number of aromatic hydroxyl groups is 1. The van der Waals surface area contributed by atoms with E-state index in [0.717, 1.165) is 12.0 Å². The van der Waals surface area contributed by atoms with Crippen molar-refractivity contribution in [2.75, 3.05) is 0 Å². The van der Waals surface area contributed by atoms with Crippen LogP contribution in [0.25, 0.3) is 0 Å². The third kappa shape index (κ3) is 3.48. The number of nitrogens with zero attached hydrogens (tertiary/aromatic N) is 1. The molecule has 19 heavy (non-hydrogen) atoms. The molecule has 2 aromatic rings. The number of phenols is 1. The Labute approximate surface area is 116 Å². The van der Waals surface area contributed by atoms with E-state index in [1.165, 1.54) is 6.07 Å². The predicted molar refractivity (Wildman–Crippen MR) is 76.2 cm³/mol. The highest BCUT2D eigenvalue weighted by atomic mass is 35.5. The third-order valence-corrected chi connectivity index (χ3v) is 3.12. The SMILES string of the molecule is O/N=C(/CCc1ccccc1)c1cc(Cl)ccc1O. The second-order valence-electron chi connectivity index (χ2n) is 4.19. The van der Waals surface area contributed by atoms with Gasteiger partial charge in [-0.2, -0.15) is 0 Å². The van der Waals surface area contributed by atoms with E-state index in [9.17, 15) is 5.11 Å². The molecule has 0 fully saturated rings. The van der Waals surface area contributed by atoms with Crippen molar-refractivity contribution in [1.29, 1.82) is 0 Å². The summed E-state index contributed by atoms with van der Waals surface area (Å²) in [5.41, 5.74) is 2.03. The lowest BCUT2D eigenvalue weighted by Crippen LogP contribution is -2.03. The van der Waals surface area contributed by atoms with Crippen LogP contribution in [0.15, 0.2) is 53.7 Å². The molecule has 2 aromatic carbocycles. The zero-order valence-corrected chi connectivity index (χ0v) is 11.0. The standard InChI is InChI=1S/C15H14ClNO2/c16-12-7-9-15(18)13(10-12)14(17-19)8-6-11-4-2-1-3-5-11/h1-5,7,9-10,18-19H,6,8H2/b17-14-. The van der Waals surface area contributed by atoms with Gasteiger partial charge >= 0.3 is 0 Å². The Balaban J connectivity index is 2.15. The number of aryl methyl sites for hydroxylation is 1. The zero-order valence-electron chi connectivity index (χ0n) is 10.3. The fourth-order valence-electron chi connectivity index (χ4n) is 1.89. The minimum absolute atomic E-state index is 0.0604. The monoisotopic (exact) mass is 275 g/mol. The second-order valence-corrected chi connectivity index (χ2v) is 4.63. The van der Waals surface area contributed by atoms with Gasteiger partial charge in [-0.15, -0.1) is 0 Å². The van der Waals surface area contributed by atoms with Gasteiger partial charge in [-0.1, -0.05) is 47.1 Å². The molecule has 0 spiro atoms. The number of rotatable bonds is 4. The highest BCUT2D eigenvalue weighted by molar-refractivity contribution is 6.31. The van der Waals surface area contributed by atoms with Crippen LogP contribution in [0.5, 0.6) is 5.75 Å². The molecular formula is C15H14ClNO2. The molecule has 0 aliphatic rings. The third-order valence-electron chi connectivity index (χ3n) is 2.88. The number of hydrogen-bond donors (Lipinski definition) is 2. The molecular weight excluding hydrogens is 262 g/mol. The summed E-state index contributed by atoms with van der Waals surface area (Å²) in [5, 5.41) is 22.7. The highest BCUT2D eigenvalue weighted by Gasteiger charge is 2.10. The van der Waals surface area contributed by atoms with E-state index in [1.54, 1.807) is 12.1 Å². The molecule has 0 amide bonds. The smallest absolute Gasteiger partial charge is 0.124 e. The van der Waals surface area contributed by atoms with E-state index in [2.05, 4.69) is 5.16 Å². The van der Waals surface area contributed by atoms with Gasteiger partial charge < -0.3 is 10.3 Å². The van der Waals surface area contributed by atoms with Crippen LogP contribution < -0.4 is 0 Å². The first-order chi connectivity index (χ1) is 9.20. The molecule has 0 aliphatic carbocycles. The molecule has 0 saturated carbocycles. The van der Waals surface area contributed by atoms with E-state index < -0.39 is 0 Å². The topological polar surface area (TPSA) is 52.8 Å². The van der Waals surface area contributed by atoms with Gasteiger partial charge in [-0.3, -0.25) is 0 Å². The Morgan fingerprint density at radius 2 is 1.84 bits per heavy atom. The summed E-state index contributed by atoms with van der Waals surface area (Å²) in [6.45, 7) is 0. The van der Waals surface area contributed by atoms with Crippen molar-refractivity contribution in [3.05, 3.63) is 64.7 Å². The molecule has 2 N–H and O–H groups in total. The summed E-state index contributed by atoms with van der Waals surface area (Å²) < 4.78 is 0. The first kappa shape index (κ1) is 13.4. The van der Waals surface area contributed by atoms with E-state index in [4.69, 9.17) is 16.8 Å². The minimum atomic E-state index is 0.0604. The fraction of sp³-hybridized carbons (Fsp3) is 0.133.